The van der Waals surface area contributed by atoms with E-state index in [-0.39, 0.29) is 30.3 Å². The van der Waals surface area contributed by atoms with Gasteiger partial charge in [0.25, 0.3) is 0 Å². The van der Waals surface area contributed by atoms with E-state index in [4.69, 9.17) is 0 Å². The van der Waals surface area contributed by atoms with E-state index in [2.05, 4.69) is 58.7 Å². The monoisotopic (exact) mass is 405 g/mol. The van der Waals surface area contributed by atoms with E-state index in [1.165, 1.54) is 16.8 Å². The number of aliphatic hydroxyl groups excluding tert-OH is 1. The van der Waals surface area contributed by atoms with Gasteiger partial charge < -0.3 is 20.2 Å². The summed E-state index contributed by atoms with van der Waals surface area (Å²) in [6, 6.07) is 19.9. The Morgan fingerprint density at radius 1 is 0.900 bits per heavy atom. The van der Waals surface area contributed by atoms with E-state index in [1.807, 2.05) is 11.0 Å². The Hall–Kier alpha value is -2.53. The lowest BCUT2D eigenvalue weighted by molar-refractivity contribution is 0.0533. The van der Waals surface area contributed by atoms with Crippen molar-refractivity contribution in [3.63, 3.8) is 0 Å². The number of fused-ring (bicyclic) bond motifs is 2. The second-order valence-corrected chi connectivity index (χ2v) is 9.07. The Labute approximate surface area is 178 Å². The Bertz CT molecular complexity index is 856. The van der Waals surface area contributed by atoms with Gasteiger partial charge in [-0.15, -0.1) is 0 Å². The number of urea groups is 1. The third kappa shape index (κ3) is 3.91. The van der Waals surface area contributed by atoms with E-state index >= 15 is 0 Å². The van der Waals surface area contributed by atoms with Crippen LogP contribution in [0.5, 0.6) is 0 Å². The average molecular weight is 406 g/mol. The van der Waals surface area contributed by atoms with Crippen molar-refractivity contribution in [2.75, 3.05) is 18.0 Å². The van der Waals surface area contributed by atoms with Gasteiger partial charge in [0.1, 0.15) is 0 Å². The van der Waals surface area contributed by atoms with Crippen LogP contribution in [0.15, 0.2) is 54.6 Å². The smallest absolute Gasteiger partial charge is 0.318 e. The Morgan fingerprint density at radius 3 is 2.27 bits per heavy atom. The van der Waals surface area contributed by atoms with Gasteiger partial charge in [0, 0.05) is 36.9 Å². The number of nitrogens with zero attached hydrogens (tertiary/aromatic N) is 2. The number of rotatable bonds is 3. The summed E-state index contributed by atoms with van der Waals surface area (Å²) in [5.74, 6) is 0. The van der Waals surface area contributed by atoms with E-state index in [0.717, 1.165) is 51.6 Å². The van der Waals surface area contributed by atoms with Crippen molar-refractivity contribution in [3.8, 4) is 11.1 Å². The molecule has 3 saturated heterocycles. The molecule has 2 aromatic carbocycles. The fourth-order valence-electron chi connectivity index (χ4n) is 5.55. The SMILES string of the molecule is O=C(N[C@H]1CCCN(c2ccc(-c3ccccc3)cc2)C1)N1C2CCC1CC(O)C2. The molecule has 0 saturated carbocycles. The second kappa shape index (κ2) is 8.31. The molecule has 2 unspecified atom stereocenters. The van der Waals surface area contributed by atoms with Gasteiger partial charge in [0.15, 0.2) is 0 Å². The first-order chi connectivity index (χ1) is 14.7. The highest BCUT2D eigenvalue weighted by molar-refractivity contribution is 5.76. The number of carbonyl (C=O) groups is 1. The molecule has 30 heavy (non-hydrogen) atoms. The zero-order valence-corrected chi connectivity index (χ0v) is 17.4. The van der Waals surface area contributed by atoms with Crippen molar-refractivity contribution < 1.29 is 9.90 Å². The number of carbonyl (C=O) groups excluding carboxylic acids is 1. The van der Waals surface area contributed by atoms with Crippen LogP contribution in [0.2, 0.25) is 0 Å². The van der Waals surface area contributed by atoms with Gasteiger partial charge in [0.05, 0.1) is 6.10 Å². The Balaban J connectivity index is 1.21. The molecule has 0 aromatic heterocycles. The molecule has 3 heterocycles. The number of hydrogen-bond acceptors (Lipinski definition) is 3. The number of anilines is 1. The number of piperidine rings is 2. The summed E-state index contributed by atoms with van der Waals surface area (Å²) in [7, 11) is 0. The molecule has 5 heteroatoms. The molecule has 3 aliphatic rings. The first-order valence-electron chi connectivity index (χ1n) is 11.3. The standard InChI is InChI=1S/C25H31N3O2/c29-24-15-22-12-13-23(16-24)28(22)25(30)26-20-7-4-14-27(17-20)21-10-8-19(9-11-21)18-5-2-1-3-6-18/h1-3,5-6,8-11,20,22-24,29H,4,7,12-17H2,(H,26,30)/t20-,22?,23?,24?/m0/s1. The molecule has 2 N–H and O–H groups in total. The third-order valence-corrected chi connectivity index (χ3v) is 7.03. The van der Waals surface area contributed by atoms with Gasteiger partial charge in [-0.25, -0.2) is 4.79 Å². The molecule has 0 radical (unpaired) electrons. The van der Waals surface area contributed by atoms with Gasteiger partial charge in [-0.1, -0.05) is 42.5 Å². The minimum absolute atomic E-state index is 0.0701. The third-order valence-electron chi connectivity index (χ3n) is 7.03. The van der Waals surface area contributed by atoms with Crippen LogP contribution in [0.1, 0.15) is 38.5 Å². The minimum atomic E-state index is -0.240. The van der Waals surface area contributed by atoms with Crippen LogP contribution in [-0.2, 0) is 0 Å². The van der Waals surface area contributed by atoms with Crippen molar-refractivity contribution in [3.05, 3.63) is 54.6 Å². The molecular weight excluding hydrogens is 374 g/mol. The summed E-state index contributed by atoms with van der Waals surface area (Å²) < 4.78 is 0. The molecule has 0 spiro atoms. The highest BCUT2D eigenvalue weighted by Gasteiger charge is 2.43. The van der Waals surface area contributed by atoms with E-state index in [1.54, 1.807) is 0 Å². The van der Waals surface area contributed by atoms with Crippen LogP contribution < -0.4 is 10.2 Å². The summed E-state index contributed by atoms with van der Waals surface area (Å²) in [5, 5.41) is 13.3. The maximum Gasteiger partial charge on any atom is 0.318 e. The molecule has 2 bridgehead atoms. The van der Waals surface area contributed by atoms with Crippen molar-refractivity contribution in [2.24, 2.45) is 0 Å². The molecule has 3 aliphatic heterocycles. The molecule has 158 valence electrons. The van der Waals surface area contributed by atoms with Crippen LogP contribution >= 0.6 is 0 Å². The Morgan fingerprint density at radius 2 is 1.57 bits per heavy atom. The summed E-state index contributed by atoms with van der Waals surface area (Å²) >= 11 is 0. The molecule has 2 aromatic rings. The number of aliphatic hydroxyl groups is 1. The lowest BCUT2D eigenvalue weighted by Crippen LogP contribution is -2.56. The van der Waals surface area contributed by atoms with E-state index in [9.17, 15) is 9.90 Å². The predicted molar refractivity (Wildman–Crippen MR) is 120 cm³/mol. The highest BCUT2D eigenvalue weighted by Crippen LogP contribution is 2.36. The molecule has 5 rings (SSSR count). The van der Waals surface area contributed by atoms with Gasteiger partial charge in [-0.05, 0) is 61.8 Å². The lowest BCUT2D eigenvalue weighted by Gasteiger charge is -2.40. The van der Waals surface area contributed by atoms with Gasteiger partial charge >= 0.3 is 6.03 Å². The van der Waals surface area contributed by atoms with Crippen LogP contribution in [0, 0.1) is 0 Å². The molecule has 2 amide bonds. The summed E-state index contributed by atoms with van der Waals surface area (Å²) in [4.78, 5) is 17.4. The summed E-state index contributed by atoms with van der Waals surface area (Å²) in [6.07, 6.45) is 5.38. The number of benzene rings is 2. The number of amides is 2. The van der Waals surface area contributed by atoms with Crippen molar-refractivity contribution in [1.82, 2.24) is 10.2 Å². The summed E-state index contributed by atoms with van der Waals surface area (Å²) in [6.45, 7) is 1.88. The van der Waals surface area contributed by atoms with Gasteiger partial charge in [0.2, 0.25) is 0 Å². The largest absolute Gasteiger partial charge is 0.393 e. The lowest BCUT2D eigenvalue weighted by atomic mass is 10.00. The maximum absolute atomic E-state index is 13.0. The van der Waals surface area contributed by atoms with Crippen LogP contribution in [-0.4, -0.2) is 53.4 Å². The van der Waals surface area contributed by atoms with E-state index < -0.39 is 0 Å². The van der Waals surface area contributed by atoms with Crippen LogP contribution in [0.4, 0.5) is 10.5 Å². The highest BCUT2D eigenvalue weighted by atomic mass is 16.3. The molecule has 3 fully saturated rings. The zero-order chi connectivity index (χ0) is 20.5. The molecular formula is C25H31N3O2. The first kappa shape index (κ1) is 19.4. The topological polar surface area (TPSA) is 55.8 Å². The van der Waals surface area contributed by atoms with Crippen LogP contribution in [0.3, 0.4) is 0 Å². The number of nitrogens with one attached hydrogen (secondary N) is 1. The summed E-state index contributed by atoms with van der Waals surface area (Å²) in [5.41, 5.74) is 3.67. The molecule has 5 nitrogen and oxygen atoms in total. The fraction of sp³-hybridized carbons (Fsp3) is 0.480. The second-order valence-electron chi connectivity index (χ2n) is 9.07. The van der Waals surface area contributed by atoms with Crippen molar-refractivity contribution in [2.45, 2.75) is 62.8 Å². The van der Waals surface area contributed by atoms with Crippen molar-refractivity contribution in [1.29, 1.82) is 0 Å². The zero-order valence-electron chi connectivity index (χ0n) is 17.4. The van der Waals surface area contributed by atoms with Gasteiger partial charge in [-0.2, -0.15) is 0 Å². The fourth-order valence-corrected chi connectivity index (χ4v) is 5.55. The van der Waals surface area contributed by atoms with Crippen molar-refractivity contribution >= 4 is 11.7 Å². The number of hydrogen-bond donors (Lipinski definition) is 2. The van der Waals surface area contributed by atoms with E-state index in [0.29, 0.717) is 0 Å². The minimum Gasteiger partial charge on any atom is -0.393 e. The quantitative estimate of drug-likeness (QED) is 0.811. The molecule has 3 atom stereocenters. The van der Waals surface area contributed by atoms with Gasteiger partial charge in [-0.3, -0.25) is 0 Å². The Kier molecular flexibility index (Phi) is 5.38. The first-order valence-corrected chi connectivity index (χ1v) is 11.3. The normalized spacial score (nSPS) is 28.4. The predicted octanol–water partition coefficient (Wildman–Crippen LogP) is 4.02. The average Bonchev–Trinajstić information content (AvgIpc) is 3.06. The maximum atomic E-state index is 13.0. The van der Waals surface area contributed by atoms with Crippen LogP contribution in [0.25, 0.3) is 11.1 Å². The molecule has 0 aliphatic carbocycles.